The van der Waals surface area contributed by atoms with E-state index in [0.717, 1.165) is 19.0 Å². The first-order valence-electron chi connectivity index (χ1n) is 9.76. The van der Waals surface area contributed by atoms with Crippen molar-refractivity contribution >= 4 is 17.6 Å². The number of urea groups is 1. The molecule has 2 aromatic rings. The Morgan fingerprint density at radius 2 is 1.71 bits per heavy atom. The quantitative estimate of drug-likeness (QED) is 0.718. The fraction of sp³-hybridized carbons (Fsp3) is 0.364. The number of likely N-dealkylation sites (tertiary alicyclic amines) is 1. The Hall–Kier alpha value is -2.86. The molecule has 2 aromatic carbocycles. The molecule has 3 rings (SSSR count). The molecule has 6 heteroatoms. The number of amides is 3. The van der Waals surface area contributed by atoms with Crippen molar-refractivity contribution in [1.82, 2.24) is 10.2 Å². The standard InChI is InChI=1S/C22H28N4O2/c1-16-11-13-26(14-12-16)20(17-5-3-2-4-6-17)15-24-21(27)18-7-9-19(10-8-18)25-22(23)28/h2-10,16,20H,11-15H2,1H3,(H,24,27)(H3,23,25,28). The van der Waals surface area contributed by atoms with Gasteiger partial charge in [0.15, 0.2) is 0 Å². The molecule has 1 atom stereocenters. The van der Waals surface area contributed by atoms with E-state index >= 15 is 0 Å². The SMILES string of the molecule is CC1CCN(C(CNC(=O)c2ccc(NC(N)=O)cc2)c2ccccc2)CC1. The Labute approximate surface area is 166 Å². The number of rotatable bonds is 6. The molecular formula is C22H28N4O2. The third-order valence-corrected chi connectivity index (χ3v) is 5.31. The third-order valence-electron chi connectivity index (χ3n) is 5.31. The molecule has 0 aliphatic carbocycles. The van der Waals surface area contributed by atoms with E-state index in [1.807, 2.05) is 18.2 Å². The second-order valence-electron chi connectivity index (χ2n) is 7.42. The van der Waals surface area contributed by atoms with Crippen molar-refractivity contribution < 1.29 is 9.59 Å². The zero-order valence-corrected chi connectivity index (χ0v) is 16.2. The predicted octanol–water partition coefficient (Wildman–Crippen LogP) is 3.38. The lowest BCUT2D eigenvalue weighted by Gasteiger charge is -2.37. The smallest absolute Gasteiger partial charge is 0.316 e. The number of nitrogens with zero attached hydrogens (tertiary/aromatic N) is 1. The number of piperidine rings is 1. The van der Waals surface area contributed by atoms with Crippen LogP contribution in [0.4, 0.5) is 10.5 Å². The summed E-state index contributed by atoms with van der Waals surface area (Å²) in [6.45, 7) is 4.94. The lowest BCUT2D eigenvalue weighted by Crippen LogP contribution is -2.42. The van der Waals surface area contributed by atoms with Gasteiger partial charge >= 0.3 is 6.03 Å². The summed E-state index contributed by atoms with van der Waals surface area (Å²) in [6.07, 6.45) is 2.37. The highest BCUT2D eigenvalue weighted by Gasteiger charge is 2.25. The molecule has 4 N–H and O–H groups in total. The first-order valence-corrected chi connectivity index (χ1v) is 9.76. The van der Waals surface area contributed by atoms with Gasteiger partial charge in [-0.1, -0.05) is 37.3 Å². The Morgan fingerprint density at radius 1 is 1.07 bits per heavy atom. The van der Waals surface area contributed by atoms with Crippen LogP contribution in [0.5, 0.6) is 0 Å². The highest BCUT2D eigenvalue weighted by molar-refractivity contribution is 5.95. The minimum absolute atomic E-state index is 0.128. The van der Waals surface area contributed by atoms with E-state index in [0.29, 0.717) is 17.8 Å². The zero-order valence-electron chi connectivity index (χ0n) is 16.2. The number of anilines is 1. The number of carbonyl (C=O) groups is 2. The summed E-state index contributed by atoms with van der Waals surface area (Å²) >= 11 is 0. The van der Waals surface area contributed by atoms with Crippen LogP contribution in [-0.2, 0) is 0 Å². The summed E-state index contributed by atoms with van der Waals surface area (Å²) in [5, 5.41) is 5.56. The Bertz CT molecular complexity index is 784. The van der Waals surface area contributed by atoms with Crippen LogP contribution in [0.2, 0.25) is 0 Å². The van der Waals surface area contributed by atoms with Gasteiger partial charge in [-0.3, -0.25) is 9.69 Å². The second kappa shape index (κ2) is 9.37. The number of nitrogens with one attached hydrogen (secondary N) is 2. The van der Waals surface area contributed by atoms with E-state index < -0.39 is 6.03 Å². The van der Waals surface area contributed by atoms with Crippen molar-refractivity contribution in [1.29, 1.82) is 0 Å². The first-order chi connectivity index (χ1) is 13.5. The minimum atomic E-state index is -0.626. The van der Waals surface area contributed by atoms with Crippen molar-refractivity contribution in [2.75, 3.05) is 25.0 Å². The first kappa shape index (κ1) is 19.9. The molecule has 28 heavy (non-hydrogen) atoms. The van der Waals surface area contributed by atoms with Crippen molar-refractivity contribution in [2.45, 2.75) is 25.8 Å². The average molecular weight is 380 g/mol. The maximum Gasteiger partial charge on any atom is 0.316 e. The zero-order chi connectivity index (χ0) is 19.9. The van der Waals surface area contributed by atoms with Crippen LogP contribution >= 0.6 is 0 Å². The number of nitrogens with two attached hydrogens (primary N) is 1. The molecule has 1 saturated heterocycles. The molecule has 1 aliphatic rings. The van der Waals surface area contributed by atoms with Crippen LogP contribution < -0.4 is 16.4 Å². The second-order valence-corrected chi connectivity index (χ2v) is 7.42. The van der Waals surface area contributed by atoms with Gasteiger partial charge in [0.05, 0.1) is 6.04 Å². The van der Waals surface area contributed by atoms with Crippen LogP contribution in [0.25, 0.3) is 0 Å². The van der Waals surface area contributed by atoms with Gasteiger partial charge in [0.1, 0.15) is 0 Å². The van der Waals surface area contributed by atoms with Gasteiger partial charge in [-0.15, -0.1) is 0 Å². The molecule has 6 nitrogen and oxygen atoms in total. The van der Waals surface area contributed by atoms with Crippen molar-refractivity contribution in [3.63, 3.8) is 0 Å². The predicted molar refractivity (Wildman–Crippen MR) is 111 cm³/mol. The molecule has 1 fully saturated rings. The number of carbonyl (C=O) groups excluding carboxylic acids is 2. The maximum atomic E-state index is 12.6. The normalized spacial score (nSPS) is 16.3. The molecule has 0 radical (unpaired) electrons. The molecular weight excluding hydrogens is 352 g/mol. The van der Waals surface area contributed by atoms with E-state index in [-0.39, 0.29) is 11.9 Å². The number of hydrogen-bond acceptors (Lipinski definition) is 3. The van der Waals surface area contributed by atoms with Crippen LogP contribution in [0.1, 0.15) is 41.7 Å². The molecule has 0 bridgehead atoms. The van der Waals surface area contributed by atoms with Gasteiger partial charge in [-0.25, -0.2) is 4.79 Å². The van der Waals surface area contributed by atoms with Gasteiger partial charge in [0, 0.05) is 17.8 Å². The Kier molecular flexibility index (Phi) is 6.66. The van der Waals surface area contributed by atoms with Gasteiger partial charge < -0.3 is 16.4 Å². The fourth-order valence-corrected chi connectivity index (χ4v) is 3.61. The molecule has 0 aromatic heterocycles. The average Bonchev–Trinajstić information content (AvgIpc) is 2.70. The molecule has 1 unspecified atom stereocenters. The molecule has 0 spiro atoms. The Morgan fingerprint density at radius 3 is 2.32 bits per heavy atom. The van der Waals surface area contributed by atoms with Gasteiger partial charge in [0.25, 0.3) is 5.91 Å². The monoisotopic (exact) mass is 380 g/mol. The van der Waals surface area contributed by atoms with Crippen molar-refractivity contribution in [3.05, 3.63) is 65.7 Å². The van der Waals surface area contributed by atoms with Crippen LogP contribution in [0.15, 0.2) is 54.6 Å². The molecule has 0 saturated carbocycles. The number of primary amides is 1. The van der Waals surface area contributed by atoms with Crippen LogP contribution in [0.3, 0.4) is 0 Å². The van der Waals surface area contributed by atoms with E-state index in [9.17, 15) is 9.59 Å². The summed E-state index contributed by atoms with van der Waals surface area (Å²) in [4.78, 5) is 26.0. The summed E-state index contributed by atoms with van der Waals surface area (Å²) < 4.78 is 0. The van der Waals surface area contributed by atoms with Gasteiger partial charge in [0.2, 0.25) is 0 Å². The highest BCUT2D eigenvalue weighted by Crippen LogP contribution is 2.26. The third kappa shape index (κ3) is 5.33. The molecule has 3 amide bonds. The van der Waals surface area contributed by atoms with Gasteiger partial charge in [-0.05, 0) is 61.7 Å². The van der Waals surface area contributed by atoms with Crippen molar-refractivity contribution in [2.24, 2.45) is 11.7 Å². The van der Waals surface area contributed by atoms with E-state index in [1.54, 1.807) is 24.3 Å². The number of benzene rings is 2. The summed E-state index contributed by atoms with van der Waals surface area (Å²) in [6, 6.07) is 16.6. The topological polar surface area (TPSA) is 87.5 Å². The molecule has 1 heterocycles. The van der Waals surface area contributed by atoms with Crippen molar-refractivity contribution in [3.8, 4) is 0 Å². The molecule has 148 valence electrons. The van der Waals surface area contributed by atoms with Crippen LogP contribution in [-0.4, -0.2) is 36.5 Å². The Balaban J connectivity index is 1.65. The maximum absolute atomic E-state index is 12.6. The minimum Gasteiger partial charge on any atom is -0.351 e. The highest BCUT2D eigenvalue weighted by atomic mass is 16.2. The van der Waals surface area contributed by atoms with Crippen LogP contribution in [0, 0.1) is 5.92 Å². The van der Waals surface area contributed by atoms with E-state index in [4.69, 9.17) is 5.73 Å². The van der Waals surface area contributed by atoms with E-state index in [1.165, 1.54) is 18.4 Å². The van der Waals surface area contributed by atoms with E-state index in [2.05, 4.69) is 34.6 Å². The largest absolute Gasteiger partial charge is 0.351 e. The summed E-state index contributed by atoms with van der Waals surface area (Å²) in [5.41, 5.74) is 7.44. The fourth-order valence-electron chi connectivity index (χ4n) is 3.61. The summed E-state index contributed by atoms with van der Waals surface area (Å²) in [7, 11) is 0. The number of hydrogen-bond donors (Lipinski definition) is 3. The molecule has 1 aliphatic heterocycles. The lowest BCUT2D eigenvalue weighted by atomic mass is 9.95. The lowest BCUT2D eigenvalue weighted by molar-refractivity contribution is 0.0913. The summed E-state index contributed by atoms with van der Waals surface area (Å²) in [5.74, 6) is 0.631. The van der Waals surface area contributed by atoms with Gasteiger partial charge in [-0.2, -0.15) is 0 Å².